The van der Waals surface area contributed by atoms with Gasteiger partial charge in [-0.25, -0.2) is 4.79 Å². The summed E-state index contributed by atoms with van der Waals surface area (Å²) in [5.74, 6) is 0. The molecule has 1 rings (SSSR count). The third-order valence-corrected chi connectivity index (χ3v) is 2.51. The van der Waals surface area contributed by atoms with Gasteiger partial charge in [0.15, 0.2) is 0 Å². The van der Waals surface area contributed by atoms with Crippen molar-refractivity contribution in [1.29, 1.82) is 5.26 Å². The number of amides is 2. The molecule has 1 aliphatic heterocycles. The molecule has 1 saturated heterocycles. The molecule has 4 heteroatoms. The molecule has 0 aromatic carbocycles. The SMILES string of the molecule is CN(CCC#N)C(=O)N1CCCCC1. The molecular formula is C10H17N3O. The number of likely N-dealkylation sites (tertiary alicyclic amines) is 1. The zero-order valence-electron chi connectivity index (χ0n) is 8.70. The maximum atomic E-state index is 11.7. The molecule has 0 unspecified atom stereocenters. The second-order valence-electron chi connectivity index (χ2n) is 3.66. The van der Waals surface area contributed by atoms with Crippen LogP contribution in [0.3, 0.4) is 0 Å². The molecule has 0 saturated carbocycles. The van der Waals surface area contributed by atoms with Gasteiger partial charge in [-0.05, 0) is 19.3 Å². The van der Waals surface area contributed by atoms with Crippen LogP contribution in [0.4, 0.5) is 4.79 Å². The first kappa shape index (κ1) is 10.8. The largest absolute Gasteiger partial charge is 0.327 e. The van der Waals surface area contributed by atoms with E-state index in [0.717, 1.165) is 25.9 Å². The molecule has 0 aromatic rings. The number of carbonyl (C=O) groups excluding carboxylic acids is 1. The van der Waals surface area contributed by atoms with E-state index in [2.05, 4.69) is 0 Å². The summed E-state index contributed by atoms with van der Waals surface area (Å²) in [7, 11) is 1.76. The molecule has 0 spiro atoms. The Labute approximate surface area is 85.1 Å². The third-order valence-electron chi connectivity index (χ3n) is 2.51. The quantitative estimate of drug-likeness (QED) is 0.669. The van der Waals surface area contributed by atoms with Crippen molar-refractivity contribution in [2.75, 3.05) is 26.7 Å². The highest BCUT2D eigenvalue weighted by Gasteiger charge is 2.19. The summed E-state index contributed by atoms with van der Waals surface area (Å²) in [6.07, 6.45) is 3.86. The van der Waals surface area contributed by atoms with Gasteiger partial charge in [-0.2, -0.15) is 5.26 Å². The van der Waals surface area contributed by atoms with E-state index < -0.39 is 0 Å². The van der Waals surface area contributed by atoms with Gasteiger partial charge in [0.1, 0.15) is 0 Å². The number of rotatable bonds is 2. The first-order valence-corrected chi connectivity index (χ1v) is 5.12. The summed E-state index contributed by atoms with van der Waals surface area (Å²) in [5, 5.41) is 8.41. The van der Waals surface area contributed by atoms with Gasteiger partial charge in [-0.15, -0.1) is 0 Å². The number of hydrogen-bond acceptors (Lipinski definition) is 2. The lowest BCUT2D eigenvalue weighted by Gasteiger charge is -2.30. The fraction of sp³-hybridized carbons (Fsp3) is 0.800. The molecule has 1 fully saturated rings. The molecule has 4 nitrogen and oxygen atoms in total. The van der Waals surface area contributed by atoms with Gasteiger partial charge in [0.2, 0.25) is 0 Å². The first-order chi connectivity index (χ1) is 6.75. The Kier molecular flexibility index (Phi) is 4.24. The third kappa shape index (κ3) is 2.91. The van der Waals surface area contributed by atoms with E-state index in [4.69, 9.17) is 5.26 Å². The van der Waals surface area contributed by atoms with Crippen molar-refractivity contribution >= 4 is 6.03 Å². The first-order valence-electron chi connectivity index (χ1n) is 5.12. The molecule has 0 bridgehead atoms. The van der Waals surface area contributed by atoms with Crippen molar-refractivity contribution in [3.05, 3.63) is 0 Å². The lowest BCUT2D eigenvalue weighted by molar-refractivity contribution is 0.153. The van der Waals surface area contributed by atoms with Crippen LogP contribution in [0.1, 0.15) is 25.7 Å². The van der Waals surface area contributed by atoms with Crippen LogP contribution in [0, 0.1) is 11.3 Å². The van der Waals surface area contributed by atoms with E-state index >= 15 is 0 Å². The number of hydrogen-bond donors (Lipinski definition) is 0. The van der Waals surface area contributed by atoms with Gasteiger partial charge in [0, 0.05) is 26.7 Å². The van der Waals surface area contributed by atoms with Crippen molar-refractivity contribution in [2.45, 2.75) is 25.7 Å². The van der Waals surface area contributed by atoms with Crippen LogP contribution in [0.5, 0.6) is 0 Å². The molecule has 0 aliphatic carbocycles. The highest BCUT2D eigenvalue weighted by atomic mass is 16.2. The van der Waals surface area contributed by atoms with Gasteiger partial charge in [-0.3, -0.25) is 0 Å². The Bertz CT molecular complexity index is 228. The maximum absolute atomic E-state index is 11.7. The summed E-state index contributed by atoms with van der Waals surface area (Å²) < 4.78 is 0. The average Bonchev–Trinajstić information content (AvgIpc) is 2.26. The molecule has 0 N–H and O–H groups in total. The Morgan fingerprint density at radius 1 is 1.43 bits per heavy atom. The van der Waals surface area contributed by atoms with Gasteiger partial charge in [0.25, 0.3) is 0 Å². The fourth-order valence-corrected chi connectivity index (χ4v) is 1.64. The molecule has 2 amide bonds. The minimum atomic E-state index is 0.0694. The molecular weight excluding hydrogens is 178 g/mol. The summed E-state index contributed by atoms with van der Waals surface area (Å²) >= 11 is 0. The van der Waals surface area contributed by atoms with Crippen molar-refractivity contribution in [1.82, 2.24) is 9.80 Å². The van der Waals surface area contributed by atoms with Crippen molar-refractivity contribution in [3.63, 3.8) is 0 Å². The second kappa shape index (κ2) is 5.48. The van der Waals surface area contributed by atoms with E-state index in [1.807, 2.05) is 11.0 Å². The van der Waals surface area contributed by atoms with Crippen molar-refractivity contribution in [3.8, 4) is 6.07 Å². The Morgan fingerprint density at radius 3 is 2.64 bits per heavy atom. The number of piperidine rings is 1. The minimum absolute atomic E-state index is 0.0694. The molecule has 0 radical (unpaired) electrons. The average molecular weight is 195 g/mol. The topological polar surface area (TPSA) is 47.3 Å². The predicted octanol–water partition coefficient (Wildman–Crippen LogP) is 1.44. The monoisotopic (exact) mass is 195 g/mol. The van der Waals surface area contributed by atoms with Gasteiger partial charge >= 0.3 is 6.03 Å². The molecule has 1 heterocycles. The summed E-state index contributed by atoms with van der Waals surface area (Å²) in [4.78, 5) is 15.3. The molecule has 0 atom stereocenters. The Morgan fingerprint density at radius 2 is 2.07 bits per heavy atom. The van der Waals surface area contributed by atoms with Crippen LogP contribution in [-0.4, -0.2) is 42.5 Å². The van der Waals surface area contributed by atoms with Gasteiger partial charge in [-0.1, -0.05) is 0 Å². The summed E-state index contributed by atoms with van der Waals surface area (Å²) in [6.45, 7) is 2.28. The standard InChI is InChI=1S/C10H17N3O/c1-12(7-5-6-11)10(14)13-8-3-2-4-9-13/h2-5,7-9H2,1H3. The van der Waals surface area contributed by atoms with Crippen LogP contribution in [0.15, 0.2) is 0 Å². The van der Waals surface area contributed by atoms with E-state index in [1.165, 1.54) is 6.42 Å². The summed E-state index contributed by atoms with van der Waals surface area (Å²) in [5.41, 5.74) is 0. The maximum Gasteiger partial charge on any atom is 0.319 e. The minimum Gasteiger partial charge on any atom is -0.327 e. The van der Waals surface area contributed by atoms with Crippen LogP contribution in [0.25, 0.3) is 0 Å². The smallest absolute Gasteiger partial charge is 0.319 e. The van der Waals surface area contributed by atoms with Crippen molar-refractivity contribution < 1.29 is 4.79 Å². The van der Waals surface area contributed by atoms with Crippen LogP contribution in [-0.2, 0) is 0 Å². The number of carbonyl (C=O) groups is 1. The van der Waals surface area contributed by atoms with Crippen molar-refractivity contribution in [2.24, 2.45) is 0 Å². The lowest BCUT2D eigenvalue weighted by atomic mass is 10.1. The van der Waals surface area contributed by atoms with E-state index in [1.54, 1.807) is 11.9 Å². The van der Waals surface area contributed by atoms with Crippen LogP contribution >= 0.6 is 0 Å². The van der Waals surface area contributed by atoms with E-state index in [9.17, 15) is 4.79 Å². The molecule has 78 valence electrons. The predicted molar refractivity (Wildman–Crippen MR) is 53.7 cm³/mol. The number of urea groups is 1. The molecule has 0 aromatic heterocycles. The Balaban J connectivity index is 2.35. The van der Waals surface area contributed by atoms with Crippen LogP contribution in [0.2, 0.25) is 0 Å². The fourth-order valence-electron chi connectivity index (χ4n) is 1.64. The number of nitrogens with zero attached hydrogens (tertiary/aromatic N) is 3. The second-order valence-corrected chi connectivity index (χ2v) is 3.66. The van der Waals surface area contributed by atoms with Gasteiger partial charge < -0.3 is 9.80 Å². The molecule has 1 aliphatic rings. The zero-order chi connectivity index (χ0) is 10.4. The normalized spacial score (nSPS) is 16.1. The van der Waals surface area contributed by atoms with E-state index in [0.29, 0.717) is 13.0 Å². The highest BCUT2D eigenvalue weighted by Crippen LogP contribution is 2.10. The highest BCUT2D eigenvalue weighted by molar-refractivity contribution is 5.74. The van der Waals surface area contributed by atoms with E-state index in [-0.39, 0.29) is 6.03 Å². The van der Waals surface area contributed by atoms with Crippen LogP contribution < -0.4 is 0 Å². The lowest BCUT2D eigenvalue weighted by Crippen LogP contribution is -2.43. The summed E-state index contributed by atoms with van der Waals surface area (Å²) in [6, 6.07) is 2.11. The zero-order valence-corrected chi connectivity index (χ0v) is 8.70. The number of nitriles is 1. The van der Waals surface area contributed by atoms with Gasteiger partial charge in [0.05, 0.1) is 12.5 Å². The molecule has 14 heavy (non-hydrogen) atoms. The Hall–Kier alpha value is -1.24.